The molecule has 0 aliphatic carbocycles. The Morgan fingerprint density at radius 3 is 2.53 bits per heavy atom. The molecule has 1 heterocycles. The summed E-state index contributed by atoms with van der Waals surface area (Å²) >= 11 is 3.51. The van der Waals surface area contributed by atoms with E-state index >= 15 is 0 Å². The van der Waals surface area contributed by atoms with Crippen molar-refractivity contribution in [3.05, 3.63) is 28.2 Å². The summed E-state index contributed by atoms with van der Waals surface area (Å²) in [5, 5.41) is 0. The fourth-order valence-electron chi connectivity index (χ4n) is 2.25. The molecule has 2 rings (SSSR count). The number of halogens is 1. The van der Waals surface area contributed by atoms with Crippen LogP contribution in [0.4, 0.5) is 5.69 Å². The molecule has 1 aliphatic rings. The first-order valence-corrected chi connectivity index (χ1v) is 6.79. The number of nitrogens with zero attached hydrogens (tertiary/aromatic N) is 1. The molecule has 1 aliphatic heterocycles. The quantitative estimate of drug-likeness (QED) is 0.770. The van der Waals surface area contributed by atoms with Gasteiger partial charge in [0.15, 0.2) is 0 Å². The maximum Gasteiger partial charge on any atom is 0.227 e. The van der Waals surface area contributed by atoms with Crippen molar-refractivity contribution < 1.29 is 4.79 Å². The summed E-state index contributed by atoms with van der Waals surface area (Å²) < 4.78 is 1.07. The van der Waals surface area contributed by atoms with E-state index in [2.05, 4.69) is 42.8 Å². The summed E-state index contributed by atoms with van der Waals surface area (Å²) in [6.45, 7) is 7.39. The number of carbonyl (C=O) groups excluding carboxylic acids is 1. The predicted molar refractivity (Wildman–Crippen MR) is 74.4 cm³/mol. The van der Waals surface area contributed by atoms with Gasteiger partial charge in [-0.1, -0.05) is 36.7 Å². The van der Waals surface area contributed by atoms with Gasteiger partial charge in [-0.2, -0.15) is 0 Å². The molecule has 1 fully saturated rings. The highest BCUT2D eigenvalue weighted by Gasteiger charge is 2.27. The van der Waals surface area contributed by atoms with Gasteiger partial charge in [0, 0.05) is 23.1 Å². The molecule has 0 bridgehead atoms. The van der Waals surface area contributed by atoms with Crippen molar-refractivity contribution in [1.82, 2.24) is 0 Å². The molecule has 1 saturated heterocycles. The highest BCUT2D eigenvalue weighted by Crippen LogP contribution is 2.35. The second-order valence-electron chi connectivity index (χ2n) is 5.56. The Labute approximate surface area is 111 Å². The van der Waals surface area contributed by atoms with Crippen LogP contribution in [-0.4, -0.2) is 12.5 Å². The molecule has 1 aromatic rings. The average molecular weight is 296 g/mol. The molecule has 0 saturated carbocycles. The summed E-state index contributed by atoms with van der Waals surface area (Å²) in [6, 6.07) is 6.19. The van der Waals surface area contributed by atoms with Gasteiger partial charge >= 0.3 is 0 Å². The molecule has 0 radical (unpaired) electrons. The molecule has 0 atom stereocenters. The van der Waals surface area contributed by atoms with Crippen LogP contribution in [0.15, 0.2) is 22.7 Å². The van der Waals surface area contributed by atoms with E-state index in [0.717, 1.165) is 23.1 Å². The molecule has 3 heteroatoms. The predicted octanol–water partition coefficient (Wildman–Crippen LogP) is 3.87. The van der Waals surface area contributed by atoms with Crippen LogP contribution in [0.5, 0.6) is 0 Å². The third-order valence-electron chi connectivity index (χ3n) is 3.13. The monoisotopic (exact) mass is 295 g/mol. The Bertz CT molecular complexity index is 448. The smallest absolute Gasteiger partial charge is 0.227 e. The van der Waals surface area contributed by atoms with E-state index in [1.165, 1.54) is 5.56 Å². The Balaban J connectivity index is 2.50. The van der Waals surface area contributed by atoms with Gasteiger partial charge in [0.2, 0.25) is 5.91 Å². The van der Waals surface area contributed by atoms with Gasteiger partial charge in [-0.3, -0.25) is 4.79 Å². The number of benzene rings is 1. The number of hydrogen-bond acceptors (Lipinski definition) is 1. The molecule has 1 aromatic carbocycles. The van der Waals surface area contributed by atoms with Crippen molar-refractivity contribution in [3.8, 4) is 0 Å². The van der Waals surface area contributed by atoms with Crippen LogP contribution in [0, 0.1) is 0 Å². The van der Waals surface area contributed by atoms with Gasteiger partial charge in [-0.05, 0) is 35.6 Å². The molecule has 92 valence electrons. The summed E-state index contributed by atoms with van der Waals surface area (Å²) in [6.07, 6.45) is 1.65. The Kier molecular flexibility index (Phi) is 3.30. The maximum absolute atomic E-state index is 11.9. The SMILES string of the molecule is CC(C)(C)c1cc(Br)ccc1N1CCCC1=O. The van der Waals surface area contributed by atoms with Gasteiger partial charge in [0.25, 0.3) is 0 Å². The molecule has 1 amide bonds. The summed E-state index contributed by atoms with van der Waals surface area (Å²) in [7, 11) is 0. The van der Waals surface area contributed by atoms with E-state index in [9.17, 15) is 4.79 Å². The van der Waals surface area contributed by atoms with E-state index < -0.39 is 0 Å². The minimum Gasteiger partial charge on any atom is -0.312 e. The molecule has 17 heavy (non-hydrogen) atoms. The van der Waals surface area contributed by atoms with Crippen LogP contribution >= 0.6 is 15.9 Å². The summed E-state index contributed by atoms with van der Waals surface area (Å²) in [5.74, 6) is 0.248. The van der Waals surface area contributed by atoms with Gasteiger partial charge in [0.05, 0.1) is 0 Å². The largest absolute Gasteiger partial charge is 0.312 e. The lowest BCUT2D eigenvalue weighted by Gasteiger charge is -2.27. The first kappa shape index (κ1) is 12.6. The molecule has 0 spiro atoms. The Morgan fingerprint density at radius 1 is 1.29 bits per heavy atom. The molecular formula is C14H18BrNO. The molecule has 2 nitrogen and oxygen atoms in total. The van der Waals surface area contributed by atoms with Gasteiger partial charge in [0.1, 0.15) is 0 Å². The van der Waals surface area contributed by atoms with Crippen LogP contribution < -0.4 is 4.90 Å². The lowest BCUT2D eigenvalue weighted by Crippen LogP contribution is -2.27. The third kappa shape index (κ3) is 2.54. The van der Waals surface area contributed by atoms with Gasteiger partial charge in [-0.15, -0.1) is 0 Å². The number of anilines is 1. The van der Waals surface area contributed by atoms with Gasteiger partial charge in [-0.25, -0.2) is 0 Å². The van der Waals surface area contributed by atoms with Crippen LogP contribution in [0.1, 0.15) is 39.2 Å². The average Bonchev–Trinajstić information content (AvgIpc) is 2.63. The first-order valence-electron chi connectivity index (χ1n) is 6.00. The first-order chi connectivity index (χ1) is 7.89. The third-order valence-corrected chi connectivity index (χ3v) is 3.62. The van der Waals surface area contributed by atoms with E-state index in [-0.39, 0.29) is 11.3 Å². The minimum absolute atomic E-state index is 0.0436. The lowest BCUT2D eigenvalue weighted by atomic mass is 9.85. The zero-order chi connectivity index (χ0) is 12.6. The number of rotatable bonds is 1. The molecule has 0 unspecified atom stereocenters. The highest BCUT2D eigenvalue weighted by atomic mass is 79.9. The van der Waals surface area contributed by atoms with Crippen molar-refractivity contribution in [2.45, 2.75) is 39.0 Å². The number of amides is 1. The van der Waals surface area contributed by atoms with E-state index in [4.69, 9.17) is 0 Å². The maximum atomic E-state index is 11.9. The molecular weight excluding hydrogens is 278 g/mol. The highest BCUT2D eigenvalue weighted by molar-refractivity contribution is 9.10. The fraction of sp³-hybridized carbons (Fsp3) is 0.500. The number of carbonyl (C=O) groups is 1. The van der Waals surface area contributed by atoms with E-state index in [0.29, 0.717) is 6.42 Å². The van der Waals surface area contributed by atoms with Crippen molar-refractivity contribution in [2.75, 3.05) is 11.4 Å². The number of hydrogen-bond donors (Lipinski definition) is 0. The molecule has 0 aromatic heterocycles. The van der Waals surface area contributed by atoms with Crippen LogP contribution in [0.3, 0.4) is 0 Å². The topological polar surface area (TPSA) is 20.3 Å². The zero-order valence-corrected chi connectivity index (χ0v) is 12.2. The standard InChI is InChI=1S/C14H18BrNO/c1-14(2,3)11-9-10(15)6-7-12(11)16-8-4-5-13(16)17/h6-7,9H,4-5,8H2,1-3H3. The molecule has 0 N–H and O–H groups in total. The zero-order valence-electron chi connectivity index (χ0n) is 10.6. The van der Waals surface area contributed by atoms with Crippen LogP contribution in [0.25, 0.3) is 0 Å². The lowest BCUT2D eigenvalue weighted by molar-refractivity contribution is -0.117. The second kappa shape index (κ2) is 4.45. The minimum atomic E-state index is 0.0436. The van der Waals surface area contributed by atoms with E-state index in [1.54, 1.807) is 0 Å². The van der Waals surface area contributed by atoms with E-state index in [1.807, 2.05) is 17.0 Å². The van der Waals surface area contributed by atoms with Crippen LogP contribution in [0.2, 0.25) is 0 Å². The van der Waals surface area contributed by atoms with Crippen molar-refractivity contribution in [3.63, 3.8) is 0 Å². The van der Waals surface area contributed by atoms with Crippen molar-refractivity contribution in [1.29, 1.82) is 0 Å². The van der Waals surface area contributed by atoms with Crippen molar-refractivity contribution in [2.24, 2.45) is 0 Å². The summed E-state index contributed by atoms with van der Waals surface area (Å²) in [4.78, 5) is 13.8. The Hall–Kier alpha value is -0.830. The summed E-state index contributed by atoms with van der Waals surface area (Å²) in [5.41, 5.74) is 2.34. The Morgan fingerprint density at radius 2 is 2.00 bits per heavy atom. The van der Waals surface area contributed by atoms with Crippen molar-refractivity contribution >= 4 is 27.5 Å². The van der Waals surface area contributed by atoms with Crippen LogP contribution in [-0.2, 0) is 10.2 Å². The van der Waals surface area contributed by atoms with Gasteiger partial charge < -0.3 is 4.90 Å². The second-order valence-corrected chi connectivity index (χ2v) is 6.48. The normalized spacial score (nSPS) is 16.7. The fourth-order valence-corrected chi connectivity index (χ4v) is 2.61.